The van der Waals surface area contributed by atoms with Gasteiger partial charge in [-0.25, -0.2) is 13.4 Å². The van der Waals surface area contributed by atoms with Crippen molar-refractivity contribution < 1.29 is 13.2 Å². The highest BCUT2D eigenvalue weighted by Gasteiger charge is 2.29. The van der Waals surface area contributed by atoms with Crippen molar-refractivity contribution in [3.05, 3.63) is 77.8 Å². The van der Waals surface area contributed by atoms with E-state index < -0.39 is 22.0 Å². The lowest BCUT2D eigenvalue weighted by Gasteiger charge is -2.28. The Morgan fingerprint density at radius 3 is 2.55 bits per heavy atom. The molecule has 1 aromatic heterocycles. The van der Waals surface area contributed by atoms with Gasteiger partial charge in [0.1, 0.15) is 6.04 Å². The van der Waals surface area contributed by atoms with Crippen LogP contribution in [0.3, 0.4) is 0 Å². The number of carbonyl (C=O) groups is 1. The Hall–Kier alpha value is -2.84. The molecule has 1 N–H and O–H groups in total. The molecule has 9 heteroatoms. The summed E-state index contributed by atoms with van der Waals surface area (Å²) in [5.41, 5.74) is 2.19. The molecule has 0 aliphatic heterocycles. The third kappa shape index (κ3) is 5.16. The van der Waals surface area contributed by atoms with E-state index in [0.717, 1.165) is 21.8 Å². The van der Waals surface area contributed by atoms with Gasteiger partial charge in [-0.15, -0.1) is 0 Å². The highest BCUT2D eigenvalue weighted by atomic mass is 35.5. The number of anilines is 1. The second kappa shape index (κ2) is 8.67. The van der Waals surface area contributed by atoms with E-state index >= 15 is 0 Å². The van der Waals surface area contributed by atoms with Crippen molar-refractivity contribution in [2.24, 2.45) is 0 Å². The van der Waals surface area contributed by atoms with E-state index in [1.54, 1.807) is 37.6 Å². The molecular weight excluding hydrogens is 412 g/mol. The molecule has 0 bridgehead atoms. The normalized spacial score (nSPS) is 12.4. The highest BCUT2D eigenvalue weighted by Crippen LogP contribution is 2.24. The van der Waals surface area contributed by atoms with E-state index in [1.807, 2.05) is 35.0 Å². The summed E-state index contributed by atoms with van der Waals surface area (Å²) in [6, 6.07) is 13.1. The molecule has 1 unspecified atom stereocenters. The van der Waals surface area contributed by atoms with Crippen molar-refractivity contribution in [1.82, 2.24) is 14.9 Å². The minimum Gasteiger partial charge on any atom is -0.350 e. The minimum atomic E-state index is -3.69. The summed E-state index contributed by atoms with van der Waals surface area (Å²) in [4.78, 5) is 16.7. The van der Waals surface area contributed by atoms with Crippen LogP contribution in [0.1, 0.15) is 12.5 Å². The van der Waals surface area contributed by atoms with Gasteiger partial charge in [0.15, 0.2) is 0 Å². The van der Waals surface area contributed by atoms with Gasteiger partial charge < -0.3 is 9.88 Å². The molecule has 2 aromatic carbocycles. The van der Waals surface area contributed by atoms with E-state index in [0.29, 0.717) is 10.7 Å². The highest BCUT2D eigenvalue weighted by molar-refractivity contribution is 7.92. The first-order valence-corrected chi connectivity index (χ1v) is 11.1. The van der Waals surface area contributed by atoms with Gasteiger partial charge >= 0.3 is 0 Å². The second-order valence-corrected chi connectivity index (χ2v) is 8.86. The van der Waals surface area contributed by atoms with Gasteiger partial charge in [0.2, 0.25) is 15.9 Å². The molecule has 0 aliphatic carbocycles. The van der Waals surface area contributed by atoms with E-state index in [1.165, 1.54) is 6.07 Å². The van der Waals surface area contributed by atoms with Crippen LogP contribution in [-0.2, 0) is 21.4 Å². The number of rotatable bonds is 7. The number of halogens is 1. The van der Waals surface area contributed by atoms with Crippen molar-refractivity contribution in [3.63, 3.8) is 0 Å². The quantitative estimate of drug-likeness (QED) is 0.622. The SMILES string of the molecule is CC(C(=O)NCc1ccc(-n2ccnc2)cc1)N(c1cccc(Cl)c1)S(C)(=O)=O. The fourth-order valence-corrected chi connectivity index (χ4v) is 4.31. The van der Waals surface area contributed by atoms with E-state index in [4.69, 9.17) is 11.6 Å². The summed E-state index contributed by atoms with van der Waals surface area (Å²) >= 11 is 5.99. The maximum absolute atomic E-state index is 12.7. The number of nitrogens with one attached hydrogen (secondary N) is 1. The first-order chi connectivity index (χ1) is 13.8. The van der Waals surface area contributed by atoms with Gasteiger partial charge in [0.05, 0.1) is 18.3 Å². The molecular formula is C20H21ClN4O3S. The van der Waals surface area contributed by atoms with Gasteiger partial charge in [-0.3, -0.25) is 9.10 Å². The number of aromatic nitrogens is 2. The molecule has 7 nitrogen and oxygen atoms in total. The molecule has 3 rings (SSSR count). The Balaban J connectivity index is 1.70. The average Bonchev–Trinajstić information content (AvgIpc) is 3.20. The number of hydrogen-bond donors (Lipinski definition) is 1. The van der Waals surface area contributed by atoms with Crippen LogP contribution in [0.15, 0.2) is 67.3 Å². The van der Waals surface area contributed by atoms with Crippen LogP contribution in [0.25, 0.3) is 5.69 Å². The number of carbonyl (C=O) groups excluding carboxylic acids is 1. The maximum atomic E-state index is 12.7. The van der Waals surface area contributed by atoms with Crippen LogP contribution in [0.5, 0.6) is 0 Å². The lowest BCUT2D eigenvalue weighted by Crippen LogP contribution is -2.47. The number of amides is 1. The Labute approximate surface area is 175 Å². The van der Waals surface area contributed by atoms with Crippen LogP contribution >= 0.6 is 11.6 Å². The number of sulfonamides is 1. The molecule has 0 saturated heterocycles. The Kier molecular flexibility index (Phi) is 6.24. The van der Waals surface area contributed by atoms with Crippen molar-refractivity contribution in [2.45, 2.75) is 19.5 Å². The summed E-state index contributed by atoms with van der Waals surface area (Å²) in [7, 11) is -3.69. The average molecular weight is 433 g/mol. The lowest BCUT2D eigenvalue weighted by molar-refractivity contribution is -0.122. The molecule has 0 saturated carbocycles. The molecule has 0 aliphatic rings. The second-order valence-electron chi connectivity index (χ2n) is 6.57. The minimum absolute atomic E-state index is 0.278. The lowest BCUT2D eigenvalue weighted by atomic mass is 10.2. The van der Waals surface area contributed by atoms with Crippen molar-refractivity contribution in [1.29, 1.82) is 0 Å². The van der Waals surface area contributed by atoms with Crippen LogP contribution in [0.4, 0.5) is 5.69 Å². The summed E-state index contributed by atoms with van der Waals surface area (Å²) in [5, 5.41) is 3.18. The summed E-state index contributed by atoms with van der Waals surface area (Å²) in [6.45, 7) is 1.82. The van der Waals surface area contributed by atoms with Crippen molar-refractivity contribution in [3.8, 4) is 5.69 Å². The summed E-state index contributed by atoms with van der Waals surface area (Å²) in [5.74, 6) is -0.408. The molecule has 0 radical (unpaired) electrons. The predicted molar refractivity (Wildman–Crippen MR) is 114 cm³/mol. The molecule has 29 heavy (non-hydrogen) atoms. The largest absolute Gasteiger partial charge is 0.350 e. The number of hydrogen-bond acceptors (Lipinski definition) is 4. The van der Waals surface area contributed by atoms with Gasteiger partial charge in [0.25, 0.3) is 0 Å². The van der Waals surface area contributed by atoms with Crippen LogP contribution < -0.4 is 9.62 Å². The van der Waals surface area contributed by atoms with Crippen LogP contribution in [-0.4, -0.2) is 36.2 Å². The first kappa shape index (κ1) is 20.9. The predicted octanol–water partition coefficient (Wildman–Crippen LogP) is 3.00. The topological polar surface area (TPSA) is 84.3 Å². The Bertz CT molecular complexity index is 1080. The van der Waals surface area contributed by atoms with Crippen LogP contribution in [0.2, 0.25) is 5.02 Å². The van der Waals surface area contributed by atoms with Crippen LogP contribution in [0, 0.1) is 0 Å². The zero-order chi connectivity index (χ0) is 21.0. The van der Waals surface area contributed by atoms with E-state index in [2.05, 4.69) is 10.3 Å². The third-order valence-corrected chi connectivity index (χ3v) is 5.83. The zero-order valence-electron chi connectivity index (χ0n) is 16.0. The number of imidazole rings is 1. The number of nitrogens with zero attached hydrogens (tertiary/aromatic N) is 3. The van der Waals surface area contributed by atoms with Crippen molar-refractivity contribution in [2.75, 3.05) is 10.6 Å². The van der Waals surface area contributed by atoms with E-state index in [-0.39, 0.29) is 6.54 Å². The molecule has 152 valence electrons. The van der Waals surface area contributed by atoms with Crippen molar-refractivity contribution >= 4 is 33.2 Å². The fraction of sp³-hybridized carbons (Fsp3) is 0.200. The monoisotopic (exact) mass is 432 g/mol. The van der Waals surface area contributed by atoms with Gasteiger partial charge in [-0.2, -0.15) is 0 Å². The molecule has 1 heterocycles. The standard InChI is InChI=1S/C20H21ClN4O3S/c1-15(25(29(2,27)28)19-5-3-4-17(21)12-19)20(26)23-13-16-6-8-18(9-7-16)24-11-10-22-14-24/h3-12,14-15H,13H2,1-2H3,(H,23,26). The smallest absolute Gasteiger partial charge is 0.243 e. The Morgan fingerprint density at radius 1 is 1.24 bits per heavy atom. The fourth-order valence-electron chi connectivity index (χ4n) is 2.96. The summed E-state index contributed by atoms with van der Waals surface area (Å²) < 4.78 is 27.6. The molecule has 0 fully saturated rings. The van der Waals surface area contributed by atoms with Gasteiger partial charge in [0, 0.05) is 29.6 Å². The van der Waals surface area contributed by atoms with E-state index in [9.17, 15) is 13.2 Å². The molecule has 3 aromatic rings. The first-order valence-electron chi connectivity index (χ1n) is 8.85. The van der Waals surface area contributed by atoms with Gasteiger partial charge in [-0.1, -0.05) is 29.8 Å². The third-order valence-electron chi connectivity index (χ3n) is 4.36. The van der Waals surface area contributed by atoms with Gasteiger partial charge in [-0.05, 0) is 42.8 Å². The zero-order valence-corrected chi connectivity index (χ0v) is 17.6. The molecule has 1 atom stereocenters. The number of benzene rings is 2. The maximum Gasteiger partial charge on any atom is 0.243 e. The Morgan fingerprint density at radius 2 is 1.97 bits per heavy atom. The molecule has 1 amide bonds. The molecule has 0 spiro atoms. The summed E-state index contributed by atoms with van der Waals surface area (Å²) in [6.07, 6.45) is 6.30.